The summed E-state index contributed by atoms with van der Waals surface area (Å²) in [7, 11) is 1.73. The normalized spacial score (nSPS) is 34.2. The van der Waals surface area contributed by atoms with Crippen LogP contribution in [0.4, 0.5) is 0 Å². The molecule has 0 bridgehead atoms. The lowest BCUT2D eigenvalue weighted by Crippen LogP contribution is -2.03. The van der Waals surface area contributed by atoms with E-state index in [9.17, 15) is 0 Å². The van der Waals surface area contributed by atoms with E-state index in [2.05, 4.69) is 5.92 Å². The molecule has 2 unspecified atom stereocenters. The predicted molar refractivity (Wildman–Crippen MR) is 35.3 cm³/mol. The van der Waals surface area contributed by atoms with E-state index >= 15 is 0 Å². The van der Waals surface area contributed by atoms with Gasteiger partial charge >= 0.3 is 0 Å². The van der Waals surface area contributed by atoms with Crippen molar-refractivity contribution in [1.82, 2.24) is 0 Å². The Morgan fingerprint density at radius 1 is 1.56 bits per heavy atom. The highest BCUT2D eigenvalue weighted by molar-refractivity contribution is 4.93. The van der Waals surface area contributed by atoms with Gasteiger partial charge in [-0.15, -0.1) is 0 Å². The molecule has 1 rings (SSSR count). The summed E-state index contributed by atoms with van der Waals surface area (Å²) >= 11 is 0. The zero-order chi connectivity index (χ0) is 6.69. The van der Waals surface area contributed by atoms with Gasteiger partial charge in [0.25, 0.3) is 0 Å². The summed E-state index contributed by atoms with van der Waals surface area (Å²) in [6.07, 6.45) is 10.4. The van der Waals surface area contributed by atoms with E-state index in [1.54, 1.807) is 7.11 Å². The summed E-state index contributed by atoms with van der Waals surface area (Å²) < 4.78 is 5.12. The van der Waals surface area contributed by atoms with Crippen molar-refractivity contribution in [3.05, 3.63) is 6.42 Å². The molecule has 0 aromatic heterocycles. The lowest BCUT2D eigenvalue weighted by molar-refractivity contribution is 0.107. The van der Waals surface area contributed by atoms with Gasteiger partial charge in [-0.05, 0) is 25.7 Å². The van der Waals surface area contributed by atoms with Crippen LogP contribution >= 0.6 is 0 Å². The molecule has 0 aromatic carbocycles. The number of hydrogen-bond acceptors (Lipinski definition) is 1. The fraction of sp³-hybridized carbons (Fsp3) is 0.750. The molecule has 2 atom stereocenters. The molecule has 1 fully saturated rings. The average Bonchev–Trinajstić information content (AvgIpc) is 2.34. The largest absolute Gasteiger partial charge is 0.381 e. The molecule has 0 saturated heterocycles. The van der Waals surface area contributed by atoms with Gasteiger partial charge in [-0.25, -0.2) is 0 Å². The maximum Gasteiger partial charge on any atom is 0.0583 e. The molecule has 0 spiro atoms. The van der Waals surface area contributed by atoms with Crippen LogP contribution in [0.5, 0.6) is 0 Å². The van der Waals surface area contributed by atoms with Crippen molar-refractivity contribution < 1.29 is 4.74 Å². The van der Waals surface area contributed by atoms with E-state index in [1.165, 1.54) is 0 Å². The molecule has 9 heavy (non-hydrogen) atoms. The predicted octanol–water partition coefficient (Wildman–Crippen LogP) is 1.39. The Bertz CT molecular complexity index is 123. The third-order valence-electron chi connectivity index (χ3n) is 1.92. The van der Waals surface area contributed by atoms with Gasteiger partial charge in [0.2, 0.25) is 0 Å². The molecule has 1 saturated carbocycles. The van der Waals surface area contributed by atoms with Crippen LogP contribution in [0.1, 0.15) is 19.3 Å². The van der Waals surface area contributed by atoms with Crippen molar-refractivity contribution in [3.63, 3.8) is 0 Å². The molecule has 1 heteroatoms. The second kappa shape index (κ2) is 2.89. The summed E-state index contributed by atoms with van der Waals surface area (Å²) in [4.78, 5) is 0. The maximum absolute atomic E-state index is 6.86. The Hall–Kier alpha value is -0.480. The molecule has 1 aliphatic carbocycles. The molecular formula is C8H11O. The molecule has 1 aliphatic rings. The quantitative estimate of drug-likeness (QED) is 0.479. The molecule has 49 valence electrons. The lowest BCUT2D eigenvalue weighted by atomic mass is 10.1. The first-order valence-corrected chi connectivity index (χ1v) is 3.32. The van der Waals surface area contributed by atoms with Gasteiger partial charge in [0.15, 0.2) is 0 Å². The zero-order valence-electron chi connectivity index (χ0n) is 5.68. The minimum atomic E-state index is 0.370. The van der Waals surface area contributed by atoms with Gasteiger partial charge in [-0.3, -0.25) is 0 Å². The van der Waals surface area contributed by atoms with E-state index in [1.807, 2.05) is 0 Å². The molecule has 0 heterocycles. The zero-order valence-corrected chi connectivity index (χ0v) is 5.68. The highest BCUT2D eigenvalue weighted by atomic mass is 16.5. The molecule has 0 aliphatic heterocycles. The molecule has 0 aromatic rings. The van der Waals surface area contributed by atoms with Crippen LogP contribution in [0.3, 0.4) is 0 Å². The fourth-order valence-corrected chi connectivity index (χ4v) is 1.29. The number of rotatable bonds is 1. The Morgan fingerprint density at radius 3 is 2.67 bits per heavy atom. The van der Waals surface area contributed by atoms with Crippen LogP contribution in [-0.4, -0.2) is 13.2 Å². The van der Waals surface area contributed by atoms with E-state index in [0.29, 0.717) is 12.0 Å². The Kier molecular flexibility index (Phi) is 2.13. The number of methoxy groups -OCH3 is 1. The summed E-state index contributed by atoms with van der Waals surface area (Å²) in [5, 5.41) is 0. The monoisotopic (exact) mass is 123 g/mol. The van der Waals surface area contributed by atoms with Crippen molar-refractivity contribution >= 4 is 0 Å². The number of ether oxygens (including phenoxy) is 1. The Morgan fingerprint density at radius 2 is 2.33 bits per heavy atom. The van der Waals surface area contributed by atoms with E-state index in [0.717, 1.165) is 19.3 Å². The highest BCUT2D eigenvalue weighted by Crippen LogP contribution is 2.26. The lowest BCUT2D eigenvalue weighted by Gasteiger charge is -2.03. The molecule has 1 radical (unpaired) electrons. The van der Waals surface area contributed by atoms with Crippen molar-refractivity contribution in [2.45, 2.75) is 25.4 Å². The van der Waals surface area contributed by atoms with Crippen molar-refractivity contribution in [2.24, 2.45) is 5.92 Å². The van der Waals surface area contributed by atoms with Crippen LogP contribution in [0.25, 0.3) is 0 Å². The first kappa shape index (κ1) is 6.64. The van der Waals surface area contributed by atoms with Crippen LogP contribution < -0.4 is 0 Å². The standard InChI is InChI=1S/C8H11O/c1-3-7-4-5-8(6-7)9-2/h7-8H,4-6H2,2H3. The minimum Gasteiger partial charge on any atom is -0.381 e. The van der Waals surface area contributed by atoms with Gasteiger partial charge in [0, 0.05) is 13.0 Å². The van der Waals surface area contributed by atoms with Gasteiger partial charge in [-0.1, -0.05) is 5.92 Å². The third kappa shape index (κ3) is 1.46. The van der Waals surface area contributed by atoms with Gasteiger partial charge in [0.1, 0.15) is 0 Å². The SMILES string of the molecule is [C]#CC1CCC(OC)C1. The summed E-state index contributed by atoms with van der Waals surface area (Å²) in [5.74, 6) is 2.87. The fourth-order valence-electron chi connectivity index (χ4n) is 1.29. The van der Waals surface area contributed by atoms with Crippen LogP contribution in [0.15, 0.2) is 0 Å². The molecular weight excluding hydrogens is 112 g/mol. The van der Waals surface area contributed by atoms with Crippen LogP contribution in [0, 0.1) is 18.3 Å². The maximum atomic E-state index is 6.86. The first-order valence-electron chi connectivity index (χ1n) is 3.32. The summed E-state index contributed by atoms with van der Waals surface area (Å²) in [5.41, 5.74) is 0. The Balaban J connectivity index is 2.31. The Labute approximate surface area is 56.4 Å². The number of hydrogen-bond donors (Lipinski definition) is 0. The van der Waals surface area contributed by atoms with Crippen molar-refractivity contribution in [2.75, 3.05) is 7.11 Å². The van der Waals surface area contributed by atoms with Gasteiger partial charge in [-0.2, -0.15) is 0 Å². The van der Waals surface area contributed by atoms with Crippen LogP contribution in [-0.2, 0) is 4.74 Å². The molecule has 0 N–H and O–H groups in total. The van der Waals surface area contributed by atoms with Crippen LogP contribution in [0.2, 0.25) is 0 Å². The topological polar surface area (TPSA) is 9.23 Å². The van der Waals surface area contributed by atoms with Crippen molar-refractivity contribution in [1.29, 1.82) is 0 Å². The van der Waals surface area contributed by atoms with E-state index in [-0.39, 0.29) is 0 Å². The third-order valence-corrected chi connectivity index (χ3v) is 1.92. The second-order valence-electron chi connectivity index (χ2n) is 2.51. The van der Waals surface area contributed by atoms with Gasteiger partial charge < -0.3 is 4.74 Å². The highest BCUT2D eigenvalue weighted by Gasteiger charge is 2.22. The molecule has 0 amide bonds. The van der Waals surface area contributed by atoms with Crippen molar-refractivity contribution in [3.8, 4) is 5.92 Å². The summed E-state index contributed by atoms with van der Waals surface area (Å²) in [6.45, 7) is 0. The smallest absolute Gasteiger partial charge is 0.0583 e. The molecule has 1 nitrogen and oxygen atoms in total. The van der Waals surface area contributed by atoms with E-state index in [4.69, 9.17) is 11.2 Å². The summed E-state index contributed by atoms with van der Waals surface area (Å²) in [6, 6.07) is 0. The minimum absolute atomic E-state index is 0.370. The second-order valence-corrected chi connectivity index (χ2v) is 2.51. The van der Waals surface area contributed by atoms with Gasteiger partial charge in [0.05, 0.1) is 6.10 Å². The van der Waals surface area contributed by atoms with E-state index < -0.39 is 0 Å². The average molecular weight is 123 g/mol. The first-order chi connectivity index (χ1) is 4.36.